The highest BCUT2D eigenvalue weighted by molar-refractivity contribution is 6.25. The van der Waals surface area contributed by atoms with Crippen LogP contribution in [0, 0.1) is 0 Å². The summed E-state index contributed by atoms with van der Waals surface area (Å²) in [5.41, 5.74) is 10.9. The number of hydrogen-bond acceptors (Lipinski definition) is 5. The van der Waals surface area contributed by atoms with Gasteiger partial charge in [-0.1, -0.05) is 121 Å². The Morgan fingerprint density at radius 3 is 2.02 bits per heavy atom. The van der Waals surface area contributed by atoms with Crippen LogP contribution < -0.4 is 0 Å². The second kappa shape index (κ2) is 11.9. The smallest absolute Gasteiger partial charge is 0.160 e. The zero-order chi connectivity index (χ0) is 36.7. The molecule has 0 amide bonds. The molecule has 0 fully saturated rings. The third-order valence-electron chi connectivity index (χ3n) is 11.1. The first-order valence-corrected chi connectivity index (χ1v) is 18.8. The van der Waals surface area contributed by atoms with Gasteiger partial charge in [0.05, 0.1) is 22.6 Å². The molecule has 260 valence electrons. The predicted molar refractivity (Wildman–Crippen MR) is 229 cm³/mol. The van der Waals surface area contributed by atoms with Gasteiger partial charge in [0.25, 0.3) is 0 Å². The maximum atomic E-state index is 6.82. The number of para-hydroxylation sites is 2. The Kier molecular flexibility index (Phi) is 6.56. The molecule has 0 saturated heterocycles. The van der Waals surface area contributed by atoms with Crippen LogP contribution in [0.1, 0.15) is 0 Å². The van der Waals surface area contributed by atoms with Crippen molar-refractivity contribution in [3.8, 4) is 45.2 Å². The highest BCUT2D eigenvalue weighted by Gasteiger charge is 2.20. The van der Waals surface area contributed by atoms with Crippen LogP contribution in [0.4, 0.5) is 0 Å². The quantitative estimate of drug-likeness (QED) is 0.170. The molecular weight excluding hydrogens is 687 g/mol. The summed E-state index contributed by atoms with van der Waals surface area (Å²) < 4.78 is 13.1. The number of benzene rings is 8. The Labute approximate surface area is 320 Å². The molecule has 0 bridgehead atoms. The van der Waals surface area contributed by atoms with Gasteiger partial charge in [-0.15, -0.1) is 0 Å². The van der Waals surface area contributed by atoms with Crippen molar-refractivity contribution >= 4 is 76.3 Å². The van der Waals surface area contributed by atoms with Crippen molar-refractivity contribution in [2.75, 3.05) is 0 Å². The van der Waals surface area contributed by atoms with Gasteiger partial charge in [0, 0.05) is 60.0 Å². The first-order chi connectivity index (χ1) is 27.7. The first-order valence-electron chi connectivity index (χ1n) is 18.8. The van der Waals surface area contributed by atoms with Crippen molar-refractivity contribution in [3.05, 3.63) is 176 Å². The van der Waals surface area contributed by atoms with Crippen LogP contribution in [0.3, 0.4) is 0 Å². The Balaban J connectivity index is 1.08. The van der Waals surface area contributed by atoms with Gasteiger partial charge in [0.2, 0.25) is 0 Å². The van der Waals surface area contributed by atoms with Crippen molar-refractivity contribution in [3.63, 3.8) is 0 Å². The summed E-state index contributed by atoms with van der Waals surface area (Å²) in [6.45, 7) is 0. The molecule has 12 rings (SSSR count). The van der Waals surface area contributed by atoms with Crippen LogP contribution >= 0.6 is 0 Å². The molecule has 0 aliphatic heterocycles. The van der Waals surface area contributed by atoms with Gasteiger partial charge in [-0.2, -0.15) is 0 Å². The van der Waals surface area contributed by atoms with Crippen LogP contribution in [-0.2, 0) is 0 Å². The van der Waals surface area contributed by atoms with E-state index in [1.54, 1.807) is 0 Å². The fourth-order valence-corrected chi connectivity index (χ4v) is 8.42. The average Bonchev–Trinajstić information content (AvgIpc) is 3.84. The van der Waals surface area contributed by atoms with E-state index < -0.39 is 0 Å². The topological polar surface area (TPSA) is 65.0 Å². The summed E-state index contributed by atoms with van der Waals surface area (Å²) in [6, 6.07) is 60.7. The molecule has 12 aromatic rings. The molecule has 0 radical (unpaired) electrons. The molecular formula is C51H29N3O2. The molecule has 0 atom stereocenters. The van der Waals surface area contributed by atoms with E-state index in [-0.39, 0.29) is 0 Å². The summed E-state index contributed by atoms with van der Waals surface area (Å²) in [5, 5.41) is 9.73. The first kappa shape index (κ1) is 30.8. The molecule has 5 nitrogen and oxygen atoms in total. The van der Waals surface area contributed by atoms with E-state index in [9.17, 15) is 0 Å². The molecule has 0 saturated carbocycles. The zero-order valence-electron chi connectivity index (χ0n) is 29.9. The summed E-state index contributed by atoms with van der Waals surface area (Å²) in [6.07, 6.45) is 0. The molecule has 8 aromatic carbocycles. The highest BCUT2D eigenvalue weighted by atomic mass is 16.3. The van der Waals surface area contributed by atoms with Gasteiger partial charge in [-0.3, -0.25) is 0 Å². The maximum absolute atomic E-state index is 6.82. The van der Waals surface area contributed by atoms with E-state index in [1.807, 2.05) is 54.6 Å². The minimum absolute atomic E-state index is 0.659. The summed E-state index contributed by atoms with van der Waals surface area (Å²) in [4.78, 5) is 15.6. The SMILES string of the molecule is c1ccc(-c2nc(-c3ccc4oc5c(ccc6c(-c7ccc8ccccc8c7)nc7ccccc7c65)c4c3)cc(-c3cccc4oc5ccccc5c34)n2)cc1. The van der Waals surface area contributed by atoms with Crippen LogP contribution in [-0.4, -0.2) is 15.0 Å². The van der Waals surface area contributed by atoms with Gasteiger partial charge in [-0.05, 0) is 65.4 Å². The number of pyridine rings is 1. The molecule has 0 N–H and O–H groups in total. The second-order valence-corrected chi connectivity index (χ2v) is 14.3. The minimum atomic E-state index is 0.659. The highest BCUT2D eigenvalue weighted by Crippen LogP contribution is 2.43. The Morgan fingerprint density at radius 2 is 1.09 bits per heavy atom. The van der Waals surface area contributed by atoms with Crippen LogP contribution in [0.2, 0.25) is 0 Å². The maximum Gasteiger partial charge on any atom is 0.160 e. The van der Waals surface area contributed by atoms with Crippen molar-refractivity contribution in [1.82, 2.24) is 15.0 Å². The molecule has 56 heavy (non-hydrogen) atoms. The second-order valence-electron chi connectivity index (χ2n) is 14.3. The summed E-state index contributed by atoms with van der Waals surface area (Å²) in [7, 11) is 0. The molecule has 4 aromatic heterocycles. The van der Waals surface area contributed by atoms with Crippen LogP contribution in [0.5, 0.6) is 0 Å². The standard InChI is InChI=1S/C51H29N3O2/c1-2-12-31(13-3-1)51-53-42(29-43(54-51)37-17-10-20-46-47(37)38-16-7-9-19-44(38)55-46)33-23-26-45-40(28-33)35-24-25-39-48(50(35)56-45)36-15-6-8-18-41(36)52-49(39)34-22-21-30-11-4-5-14-32(30)27-34/h1-29H. The van der Waals surface area contributed by atoms with E-state index in [4.69, 9.17) is 23.8 Å². The minimum Gasteiger partial charge on any atom is -0.456 e. The molecule has 0 aliphatic carbocycles. The number of nitrogens with zero attached hydrogens (tertiary/aromatic N) is 3. The molecule has 0 unspecified atom stereocenters. The summed E-state index contributed by atoms with van der Waals surface area (Å²) >= 11 is 0. The Hall–Kier alpha value is -7.63. The fraction of sp³-hybridized carbons (Fsp3) is 0. The lowest BCUT2D eigenvalue weighted by Crippen LogP contribution is -1.96. The number of aromatic nitrogens is 3. The molecule has 5 heteroatoms. The Bertz CT molecular complexity index is 3550. The average molecular weight is 716 g/mol. The number of furan rings is 2. The largest absolute Gasteiger partial charge is 0.456 e. The zero-order valence-corrected chi connectivity index (χ0v) is 29.9. The van der Waals surface area contributed by atoms with E-state index in [0.29, 0.717) is 5.82 Å². The van der Waals surface area contributed by atoms with E-state index >= 15 is 0 Å². The number of fused-ring (bicyclic) bond motifs is 11. The van der Waals surface area contributed by atoms with Crippen molar-refractivity contribution < 1.29 is 8.83 Å². The third-order valence-corrected chi connectivity index (χ3v) is 11.1. The van der Waals surface area contributed by atoms with Gasteiger partial charge >= 0.3 is 0 Å². The van der Waals surface area contributed by atoms with E-state index in [0.717, 1.165) is 105 Å². The molecule has 0 aliphatic rings. The number of rotatable bonds is 4. The number of hydrogen-bond donors (Lipinski definition) is 0. The lowest BCUT2D eigenvalue weighted by atomic mass is 9.96. The van der Waals surface area contributed by atoms with Crippen molar-refractivity contribution in [2.24, 2.45) is 0 Å². The fourth-order valence-electron chi connectivity index (χ4n) is 8.42. The van der Waals surface area contributed by atoms with Gasteiger partial charge in [0.1, 0.15) is 22.3 Å². The third kappa shape index (κ3) is 4.71. The molecule has 0 spiro atoms. The summed E-state index contributed by atoms with van der Waals surface area (Å²) in [5.74, 6) is 0.659. The monoisotopic (exact) mass is 715 g/mol. The normalized spacial score (nSPS) is 11.9. The lowest BCUT2D eigenvalue weighted by molar-refractivity contribution is 0.669. The lowest BCUT2D eigenvalue weighted by Gasteiger charge is -2.11. The van der Waals surface area contributed by atoms with Crippen LogP contribution in [0.25, 0.3) is 121 Å². The molecule has 4 heterocycles. The van der Waals surface area contributed by atoms with Crippen molar-refractivity contribution in [2.45, 2.75) is 0 Å². The van der Waals surface area contributed by atoms with E-state index in [2.05, 4.69) is 121 Å². The van der Waals surface area contributed by atoms with Gasteiger partial charge in [-0.25, -0.2) is 15.0 Å². The van der Waals surface area contributed by atoms with E-state index in [1.165, 1.54) is 10.8 Å². The predicted octanol–water partition coefficient (Wildman–Crippen LogP) is 13.8. The van der Waals surface area contributed by atoms with Crippen LogP contribution in [0.15, 0.2) is 185 Å². The van der Waals surface area contributed by atoms with Gasteiger partial charge in [0.15, 0.2) is 5.82 Å². The van der Waals surface area contributed by atoms with Crippen molar-refractivity contribution in [1.29, 1.82) is 0 Å². The van der Waals surface area contributed by atoms with Gasteiger partial charge < -0.3 is 8.83 Å². The Morgan fingerprint density at radius 1 is 0.357 bits per heavy atom.